The van der Waals surface area contributed by atoms with Crippen molar-refractivity contribution in [1.29, 1.82) is 0 Å². The van der Waals surface area contributed by atoms with Crippen LogP contribution in [0.1, 0.15) is 5.56 Å². The topological polar surface area (TPSA) is 35.2 Å². The van der Waals surface area contributed by atoms with E-state index in [9.17, 15) is 0 Å². The van der Waals surface area contributed by atoms with Gasteiger partial charge in [0.15, 0.2) is 0 Å². The lowest BCUT2D eigenvalue weighted by molar-refractivity contribution is 0.483. The average Bonchev–Trinajstić information content (AvgIpc) is 2.48. The Morgan fingerprint density at radius 3 is 2.33 bits per heavy atom. The van der Waals surface area contributed by atoms with Gasteiger partial charge >= 0.3 is 0 Å². The number of hydrogen-bond acceptors (Lipinski definition) is 2. The number of hydrogen-bond donors (Lipinski definition) is 1. The van der Waals surface area contributed by atoms with E-state index in [1.807, 2.05) is 36.4 Å². The molecule has 0 heterocycles. The summed E-state index contributed by atoms with van der Waals surface area (Å²) in [5, 5.41) is 2.91. The zero-order valence-electron chi connectivity index (χ0n) is 11.1. The van der Waals surface area contributed by atoms with Gasteiger partial charge in [-0.25, -0.2) is 0 Å². The Labute approximate surface area is 136 Å². The van der Waals surface area contributed by atoms with E-state index in [0.717, 1.165) is 26.6 Å². The van der Waals surface area contributed by atoms with E-state index >= 15 is 0 Å². The summed E-state index contributed by atoms with van der Waals surface area (Å²) in [6, 6.07) is 17.7. The van der Waals surface area contributed by atoms with Crippen LogP contribution in [-0.4, -0.2) is 0 Å². The molecule has 0 amide bonds. The summed E-state index contributed by atoms with van der Waals surface area (Å²) in [4.78, 5) is 0. The summed E-state index contributed by atoms with van der Waals surface area (Å²) < 4.78 is 6.92. The molecule has 0 aliphatic carbocycles. The summed E-state index contributed by atoms with van der Waals surface area (Å²) >= 11 is 9.61. The van der Waals surface area contributed by atoms with Crippen LogP contribution >= 0.6 is 27.5 Å². The molecule has 4 heteroatoms. The van der Waals surface area contributed by atoms with E-state index in [2.05, 4.69) is 28.1 Å². The van der Waals surface area contributed by atoms with Gasteiger partial charge in [0.1, 0.15) is 11.5 Å². The molecule has 3 rings (SSSR count). The molecule has 0 fully saturated rings. The molecular weight excluding hydrogens is 350 g/mol. The molecule has 21 heavy (non-hydrogen) atoms. The van der Waals surface area contributed by atoms with Crippen LogP contribution in [0.25, 0.3) is 10.8 Å². The second-order valence-corrected chi connectivity index (χ2v) is 6.04. The highest BCUT2D eigenvalue weighted by Gasteiger charge is 2.04. The van der Waals surface area contributed by atoms with Gasteiger partial charge in [-0.15, -0.1) is 0 Å². The molecule has 106 valence electrons. The van der Waals surface area contributed by atoms with E-state index in [1.165, 1.54) is 0 Å². The van der Waals surface area contributed by atoms with Crippen LogP contribution in [0.2, 0.25) is 5.02 Å². The number of benzene rings is 3. The summed E-state index contributed by atoms with van der Waals surface area (Å²) in [6.07, 6.45) is 0. The molecule has 3 aromatic rings. The van der Waals surface area contributed by atoms with Crippen molar-refractivity contribution in [2.75, 3.05) is 0 Å². The third-order valence-electron chi connectivity index (χ3n) is 3.25. The molecule has 2 N–H and O–H groups in total. The Hall–Kier alpha value is -1.55. The van der Waals surface area contributed by atoms with Crippen LogP contribution in [0.4, 0.5) is 0 Å². The van der Waals surface area contributed by atoms with E-state index in [1.54, 1.807) is 6.07 Å². The molecule has 0 spiro atoms. The van der Waals surface area contributed by atoms with Crippen LogP contribution in [-0.2, 0) is 6.54 Å². The summed E-state index contributed by atoms with van der Waals surface area (Å²) in [5.74, 6) is 1.48. The number of halogens is 2. The first-order chi connectivity index (χ1) is 10.2. The lowest BCUT2D eigenvalue weighted by atomic mass is 10.1. The van der Waals surface area contributed by atoms with Gasteiger partial charge in [0, 0.05) is 16.0 Å². The van der Waals surface area contributed by atoms with Crippen LogP contribution in [0.5, 0.6) is 11.5 Å². The van der Waals surface area contributed by atoms with Crippen LogP contribution < -0.4 is 10.5 Å². The van der Waals surface area contributed by atoms with E-state index < -0.39 is 0 Å². The first kappa shape index (κ1) is 14.4. The van der Waals surface area contributed by atoms with Crippen molar-refractivity contribution in [3.8, 4) is 11.5 Å². The normalized spacial score (nSPS) is 10.8. The minimum Gasteiger partial charge on any atom is -0.457 e. The van der Waals surface area contributed by atoms with E-state index in [-0.39, 0.29) is 0 Å². The third-order valence-corrected chi connectivity index (χ3v) is 4.10. The fourth-order valence-electron chi connectivity index (χ4n) is 2.15. The number of nitrogens with two attached hydrogens (primary N) is 1. The number of ether oxygens (including phenoxy) is 1. The van der Waals surface area contributed by atoms with Crippen LogP contribution in [0.15, 0.2) is 59.1 Å². The van der Waals surface area contributed by atoms with Crippen LogP contribution in [0, 0.1) is 0 Å². The van der Waals surface area contributed by atoms with Gasteiger partial charge in [0.25, 0.3) is 0 Å². The van der Waals surface area contributed by atoms with Gasteiger partial charge in [-0.05, 0) is 52.7 Å². The number of fused-ring (bicyclic) bond motifs is 1. The zero-order chi connectivity index (χ0) is 14.8. The summed E-state index contributed by atoms with van der Waals surface area (Å²) in [6.45, 7) is 0.421. The maximum absolute atomic E-state index is 6.14. The monoisotopic (exact) mass is 361 g/mol. The third kappa shape index (κ3) is 3.21. The minimum absolute atomic E-state index is 0.421. The fourth-order valence-corrected chi connectivity index (χ4v) is 2.78. The van der Waals surface area contributed by atoms with Gasteiger partial charge in [-0.1, -0.05) is 45.7 Å². The van der Waals surface area contributed by atoms with Crippen molar-refractivity contribution in [2.24, 2.45) is 5.73 Å². The molecule has 0 aromatic heterocycles. The van der Waals surface area contributed by atoms with Gasteiger partial charge in [-0.3, -0.25) is 0 Å². The molecule has 0 aliphatic rings. The standard InChI is InChI=1S/C17H13BrClNO/c18-14-4-1-12-8-15(5-2-11(12)7-14)21-16-6-3-13(10-20)17(19)9-16/h1-9H,10,20H2. The number of rotatable bonds is 3. The lowest BCUT2D eigenvalue weighted by Crippen LogP contribution is -1.97. The first-order valence-corrected chi connectivity index (χ1v) is 7.68. The SMILES string of the molecule is NCc1ccc(Oc2ccc3cc(Br)ccc3c2)cc1Cl. The van der Waals surface area contributed by atoms with Gasteiger partial charge in [-0.2, -0.15) is 0 Å². The molecule has 0 unspecified atom stereocenters. The van der Waals surface area contributed by atoms with E-state index in [0.29, 0.717) is 17.3 Å². The average molecular weight is 363 g/mol. The second-order valence-electron chi connectivity index (χ2n) is 4.71. The van der Waals surface area contributed by atoms with Crippen molar-refractivity contribution in [3.63, 3.8) is 0 Å². The quantitative estimate of drug-likeness (QED) is 0.667. The Morgan fingerprint density at radius 2 is 1.57 bits per heavy atom. The predicted molar refractivity (Wildman–Crippen MR) is 91.1 cm³/mol. The van der Waals surface area contributed by atoms with Gasteiger partial charge in [0.2, 0.25) is 0 Å². The molecule has 2 nitrogen and oxygen atoms in total. The van der Waals surface area contributed by atoms with Crippen LogP contribution in [0.3, 0.4) is 0 Å². The first-order valence-electron chi connectivity index (χ1n) is 6.51. The summed E-state index contributed by atoms with van der Waals surface area (Å²) in [5.41, 5.74) is 6.51. The molecular formula is C17H13BrClNO. The molecule has 0 bridgehead atoms. The Balaban J connectivity index is 1.91. The largest absolute Gasteiger partial charge is 0.457 e. The molecule has 0 aliphatic heterocycles. The highest BCUT2D eigenvalue weighted by Crippen LogP contribution is 2.29. The molecule has 0 saturated carbocycles. The van der Waals surface area contributed by atoms with Gasteiger partial charge in [0.05, 0.1) is 0 Å². The van der Waals surface area contributed by atoms with Crippen molar-refractivity contribution >= 4 is 38.3 Å². The Kier molecular flexibility index (Phi) is 4.15. The van der Waals surface area contributed by atoms with Crippen molar-refractivity contribution in [2.45, 2.75) is 6.54 Å². The molecule has 0 radical (unpaired) electrons. The van der Waals surface area contributed by atoms with Crippen molar-refractivity contribution in [3.05, 3.63) is 69.7 Å². The zero-order valence-corrected chi connectivity index (χ0v) is 13.5. The Bertz CT molecular complexity index is 804. The van der Waals surface area contributed by atoms with Crippen molar-refractivity contribution < 1.29 is 4.74 Å². The van der Waals surface area contributed by atoms with Gasteiger partial charge < -0.3 is 10.5 Å². The highest BCUT2D eigenvalue weighted by atomic mass is 79.9. The minimum atomic E-state index is 0.421. The lowest BCUT2D eigenvalue weighted by Gasteiger charge is -2.09. The second kappa shape index (κ2) is 6.06. The maximum Gasteiger partial charge on any atom is 0.128 e. The highest BCUT2D eigenvalue weighted by molar-refractivity contribution is 9.10. The van der Waals surface area contributed by atoms with Crippen molar-refractivity contribution in [1.82, 2.24) is 0 Å². The molecule has 0 atom stereocenters. The predicted octanol–water partition coefficient (Wildman–Crippen LogP) is 5.51. The molecule has 3 aromatic carbocycles. The smallest absolute Gasteiger partial charge is 0.128 e. The van der Waals surface area contributed by atoms with E-state index in [4.69, 9.17) is 22.1 Å². The maximum atomic E-state index is 6.14. The molecule has 0 saturated heterocycles. The fraction of sp³-hybridized carbons (Fsp3) is 0.0588. The Morgan fingerprint density at radius 1 is 0.905 bits per heavy atom. The summed E-state index contributed by atoms with van der Waals surface area (Å²) in [7, 11) is 0.